The first-order valence-electron chi connectivity index (χ1n) is 11.3. The maximum atomic E-state index is 13.1. The van der Waals surface area contributed by atoms with Crippen LogP contribution in [0.25, 0.3) is 10.9 Å². The number of rotatable bonds is 4. The number of halogens is 2. The number of amides is 3. The molecule has 192 valence electrons. The van der Waals surface area contributed by atoms with Gasteiger partial charge in [0.15, 0.2) is 5.01 Å². The van der Waals surface area contributed by atoms with E-state index in [4.69, 9.17) is 11.6 Å². The van der Waals surface area contributed by atoms with Gasteiger partial charge in [0.05, 0.1) is 17.8 Å². The van der Waals surface area contributed by atoms with E-state index in [1.807, 2.05) is 7.05 Å². The number of hydrogen-bond donors (Lipinski definition) is 4. The molecule has 0 unspecified atom stereocenters. The highest BCUT2D eigenvalue weighted by Crippen LogP contribution is 2.25. The van der Waals surface area contributed by atoms with Crippen LogP contribution in [0.2, 0.25) is 5.02 Å². The standard InChI is InChI=1S/C23H25ClN6O4S.ClH/c1-29-6-4-16-19(11-29)35-22(28-16)21(32)27-18-10-30(23(33)34)7-5-15(18)26-20(31)17-9-12-8-13(24)2-3-14(12)25-17;/h2-3,8-9,15,18,25H,4-7,10-11H2,1H3,(H,26,31)(H,27,32)(H,33,34);1H/t15-,18-;/m1./s1. The Kier molecular flexibility index (Phi) is 7.74. The molecule has 2 atom stereocenters. The molecule has 36 heavy (non-hydrogen) atoms. The Balaban J connectivity index is 0.00000304. The molecule has 0 bridgehead atoms. The number of piperidine rings is 1. The number of fused-ring (bicyclic) bond motifs is 2. The topological polar surface area (TPSA) is 131 Å². The van der Waals surface area contributed by atoms with Gasteiger partial charge in [-0.25, -0.2) is 9.78 Å². The van der Waals surface area contributed by atoms with Gasteiger partial charge in [-0.3, -0.25) is 9.59 Å². The van der Waals surface area contributed by atoms with Crippen molar-refractivity contribution in [2.75, 3.05) is 26.7 Å². The summed E-state index contributed by atoms with van der Waals surface area (Å²) in [5.41, 5.74) is 2.09. The number of thiazole rings is 1. The van der Waals surface area contributed by atoms with Gasteiger partial charge >= 0.3 is 6.09 Å². The molecular weight excluding hydrogens is 527 g/mol. The zero-order valence-electron chi connectivity index (χ0n) is 19.4. The summed E-state index contributed by atoms with van der Waals surface area (Å²) >= 11 is 7.41. The molecule has 1 fully saturated rings. The summed E-state index contributed by atoms with van der Waals surface area (Å²) in [4.78, 5) is 49.8. The van der Waals surface area contributed by atoms with Gasteiger partial charge in [0, 0.05) is 53.4 Å². The van der Waals surface area contributed by atoms with Gasteiger partial charge in [-0.1, -0.05) is 11.6 Å². The van der Waals surface area contributed by atoms with Crippen molar-refractivity contribution >= 4 is 64.2 Å². The number of aromatic amines is 1. The lowest BCUT2D eigenvalue weighted by atomic mass is 9.99. The second-order valence-corrected chi connectivity index (χ2v) is 10.5. The first-order chi connectivity index (χ1) is 16.8. The number of carboxylic acid groups (broad SMARTS) is 1. The van der Waals surface area contributed by atoms with Gasteiger partial charge in [-0.2, -0.15) is 0 Å². The van der Waals surface area contributed by atoms with Gasteiger partial charge < -0.3 is 30.5 Å². The normalized spacial score (nSPS) is 19.9. The Hall–Kier alpha value is -2.86. The lowest BCUT2D eigenvalue weighted by Crippen LogP contribution is -2.61. The number of carbonyl (C=O) groups is 3. The van der Waals surface area contributed by atoms with E-state index < -0.39 is 18.2 Å². The third-order valence-corrected chi connectivity index (χ3v) is 7.78. The fourth-order valence-corrected chi connectivity index (χ4v) is 5.84. The summed E-state index contributed by atoms with van der Waals surface area (Å²) in [5.74, 6) is -0.693. The molecule has 10 nitrogen and oxygen atoms in total. The highest BCUT2D eigenvalue weighted by atomic mass is 35.5. The van der Waals surface area contributed by atoms with Crippen LogP contribution in [0.4, 0.5) is 4.79 Å². The summed E-state index contributed by atoms with van der Waals surface area (Å²) in [6.07, 6.45) is 0.100. The molecule has 1 saturated heterocycles. The van der Waals surface area contributed by atoms with E-state index >= 15 is 0 Å². The first kappa shape index (κ1) is 26.2. The molecule has 5 rings (SSSR count). The Morgan fingerprint density at radius 1 is 1.17 bits per heavy atom. The van der Waals surface area contributed by atoms with E-state index in [2.05, 4.69) is 25.5 Å². The molecule has 0 radical (unpaired) electrons. The molecule has 13 heteroatoms. The van der Waals surface area contributed by atoms with Crippen molar-refractivity contribution < 1.29 is 19.5 Å². The van der Waals surface area contributed by atoms with Gasteiger partial charge in [0.25, 0.3) is 11.8 Å². The van der Waals surface area contributed by atoms with E-state index in [0.29, 0.717) is 22.1 Å². The van der Waals surface area contributed by atoms with Crippen LogP contribution in [0, 0.1) is 0 Å². The minimum Gasteiger partial charge on any atom is -0.465 e. The Labute approximate surface area is 222 Å². The molecule has 2 aromatic heterocycles. The molecule has 4 heterocycles. The van der Waals surface area contributed by atoms with E-state index in [1.165, 1.54) is 16.2 Å². The largest absolute Gasteiger partial charge is 0.465 e. The maximum Gasteiger partial charge on any atom is 0.407 e. The zero-order chi connectivity index (χ0) is 24.7. The molecule has 2 aliphatic rings. The molecular formula is C23H26Cl2N6O4S. The van der Waals surface area contributed by atoms with Crippen molar-refractivity contribution in [3.8, 4) is 0 Å². The van der Waals surface area contributed by atoms with Crippen LogP contribution in [0.3, 0.4) is 0 Å². The van der Waals surface area contributed by atoms with Crippen molar-refractivity contribution in [2.45, 2.75) is 31.5 Å². The van der Waals surface area contributed by atoms with Crippen LogP contribution >= 0.6 is 35.3 Å². The molecule has 0 aliphatic carbocycles. The number of H-pyrrole nitrogens is 1. The number of hydrogen-bond acceptors (Lipinski definition) is 6. The highest BCUT2D eigenvalue weighted by Gasteiger charge is 2.35. The number of carbonyl (C=O) groups excluding carboxylic acids is 2. The zero-order valence-corrected chi connectivity index (χ0v) is 21.8. The summed E-state index contributed by atoms with van der Waals surface area (Å²) in [6, 6.07) is 5.98. The second-order valence-electron chi connectivity index (χ2n) is 8.97. The van der Waals surface area contributed by atoms with Gasteiger partial charge in [0.2, 0.25) is 0 Å². The van der Waals surface area contributed by atoms with Crippen LogP contribution in [-0.4, -0.2) is 81.5 Å². The Morgan fingerprint density at radius 3 is 2.72 bits per heavy atom. The van der Waals surface area contributed by atoms with Crippen molar-refractivity contribution in [3.63, 3.8) is 0 Å². The number of benzene rings is 1. The van der Waals surface area contributed by atoms with Crippen molar-refractivity contribution in [1.29, 1.82) is 0 Å². The Morgan fingerprint density at radius 2 is 1.94 bits per heavy atom. The summed E-state index contributed by atoms with van der Waals surface area (Å²) in [7, 11) is 2.03. The SMILES string of the molecule is CN1CCc2nc(C(=O)N[C@@H]3CN(C(=O)O)CC[C@H]3NC(=O)c3cc4cc(Cl)ccc4[nH]3)sc2C1.Cl. The van der Waals surface area contributed by atoms with Crippen LogP contribution in [0.1, 0.15) is 37.3 Å². The fourth-order valence-electron chi connectivity index (χ4n) is 4.57. The molecule has 1 aromatic carbocycles. The molecule has 4 N–H and O–H groups in total. The van der Waals surface area contributed by atoms with Crippen molar-refractivity contribution in [3.05, 3.63) is 50.6 Å². The third-order valence-electron chi connectivity index (χ3n) is 6.46. The van der Waals surface area contributed by atoms with E-state index in [9.17, 15) is 19.5 Å². The van der Waals surface area contributed by atoms with Crippen molar-refractivity contribution in [2.24, 2.45) is 0 Å². The van der Waals surface area contributed by atoms with E-state index in [1.54, 1.807) is 24.3 Å². The third kappa shape index (κ3) is 5.44. The van der Waals surface area contributed by atoms with Crippen molar-refractivity contribution in [1.82, 2.24) is 30.4 Å². The van der Waals surface area contributed by atoms with Gasteiger partial charge in [-0.05, 0) is 37.7 Å². The monoisotopic (exact) mass is 552 g/mol. The number of likely N-dealkylation sites (N-methyl/N-ethyl adjacent to an activating group) is 1. The smallest absolute Gasteiger partial charge is 0.407 e. The van der Waals surface area contributed by atoms with Gasteiger partial charge in [-0.15, -0.1) is 23.7 Å². The van der Waals surface area contributed by atoms with Crippen LogP contribution in [0.15, 0.2) is 24.3 Å². The lowest BCUT2D eigenvalue weighted by molar-refractivity contribution is 0.0792. The predicted molar refractivity (Wildman–Crippen MR) is 139 cm³/mol. The van der Waals surface area contributed by atoms with E-state index in [0.717, 1.165) is 41.0 Å². The minimum absolute atomic E-state index is 0. The van der Waals surface area contributed by atoms with Crippen LogP contribution in [0.5, 0.6) is 0 Å². The summed E-state index contributed by atoms with van der Waals surface area (Å²) in [6.45, 7) is 1.97. The summed E-state index contributed by atoms with van der Waals surface area (Å²) in [5, 5.41) is 17.1. The van der Waals surface area contributed by atoms with Crippen LogP contribution < -0.4 is 10.6 Å². The van der Waals surface area contributed by atoms with E-state index in [-0.39, 0.29) is 37.3 Å². The number of nitrogens with zero attached hydrogens (tertiary/aromatic N) is 3. The average Bonchev–Trinajstić information content (AvgIpc) is 3.43. The minimum atomic E-state index is -1.06. The number of nitrogens with one attached hydrogen (secondary N) is 3. The van der Waals surface area contributed by atoms with Crippen LogP contribution in [-0.2, 0) is 13.0 Å². The number of likely N-dealkylation sites (tertiary alicyclic amines) is 1. The maximum absolute atomic E-state index is 13.1. The lowest BCUT2D eigenvalue weighted by Gasteiger charge is -2.37. The molecule has 2 aliphatic heterocycles. The molecule has 3 amide bonds. The number of aromatic nitrogens is 2. The summed E-state index contributed by atoms with van der Waals surface area (Å²) < 4.78 is 0. The predicted octanol–water partition coefficient (Wildman–Crippen LogP) is 2.97. The average molecular weight is 553 g/mol. The molecule has 3 aromatic rings. The Bertz CT molecular complexity index is 1310. The van der Waals surface area contributed by atoms with Gasteiger partial charge in [0.1, 0.15) is 5.69 Å². The molecule has 0 spiro atoms. The second kappa shape index (κ2) is 10.6. The fraction of sp³-hybridized carbons (Fsp3) is 0.391. The molecule has 0 saturated carbocycles. The highest BCUT2D eigenvalue weighted by molar-refractivity contribution is 7.13. The first-order valence-corrected chi connectivity index (χ1v) is 12.5. The quantitative estimate of drug-likeness (QED) is 0.393.